The number of nitrogens with zero attached hydrogens (tertiary/aromatic N) is 3. The van der Waals surface area contributed by atoms with Crippen LogP contribution in [-0.4, -0.2) is 33.5 Å². The third-order valence-corrected chi connectivity index (χ3v) is 4.80. The molecule has 6 heteroatoms. The second kappa shape index (κ2) is 6.93. The van der Waals surface area contributed by atoms with E-state index in [9.17, 15) is 9.90 Å². The van der Waals surface area contributed by atoms with Gasteiger partial charge in [-0.05, 0) is 47.1 Å². The molecule has 0 fully saturated rings. The summed E-state index contributed by atoms with van der Waals surface area (Å²) in [6, 6.07) is 9.02. The van der Waals surface area contributed by atoms with E-state index in [1.807, 2.05) is 12.1 Å². The van der Waals surface area contributed by atoms with E-state index in [-0.39, 0.29) is 22.1 Å². The summed E-state index contributed by atoms with van der Waals surface area (Å²) < 4.78 is 5.23. The van der Waals surface area contributed by atoms with E-state index in [0.29, 0.717) is 28.8 Å². The Hall–Kier alpha value is -2.89. The zero-order valence-corrected chi connectivity index (χ0v) is 17.3. The Morgan fingerprint density at radius 1 is 1.07 bits per heavy atom. The second-order valence-corrected chi connectivity index (χ2v) is 9.02. The molecule has 1 heterocycles. The molecule has 0 saturated carbocycles. The maximum Gasteiger partial charge on any atom is 0.153 e. The van der Waals surface area contributed by atoms with Gasteiger partial charge < -0.3 is 9.84 Å². The SMILES string of the molecule is COc1ccc2nn(-c3cc(C(C)(C)CC(C)(C)C)cc(C=O)c3O)nc2c1. The minimum atomic E-state index is -0.200. The van der Waals surface area contributed by atoms with Crippen LogP contribution in [0.25, 0.3) is 16.7 Å². The van der Waals surface area contributed by atoms with Crippen LogP contribution in [0.2, 0.25) is 0 Å². The van der Waals surface area contributed by atoms with Crippen molar-refractivity contribution in [1.82, 2.24) is 15.0 Å². The number of phenols is 1. The predicted molar refractivity (Wildman–Crippen MR) is 110 cm³/mol. The molecule has 0 bridgehead atoms. The highest BCUT2D eigenvalue weighted by Gasteiger charge is 2.29. The second-order valence-electron chi connectivity index (χ2n) is 9.02. The van der Waals surface area contributed by atoms with Gasteiger partial charge in [0.15, 0.2) is 12.0 Å². The number of ether oxygens (including phenoxy) is 1. The molecule has 0 radical (unpaired) electrons. The first kappa shape index (κ1) is 19.9. The molecular weight excluding hydrogens is 354 g/mol. The van der Waals surface area contributed by atoms with Crippen LogP contribution in [-0.2, 0) is 5.41 Å². The molecule has 0 unspecified atom stereocenters. The van der Waals surface area contributed by atoms with E-state index in [1.165, 1.54) is 4.80 Å². The Bertz CT molecular complexity index is 1030. The highest BCUT2D eigenvalue weighted by molar-refractivity contribution is 5.83. The largest absolute Gasteiger partial charge is 0.505 e. The van der Waals surface area contributed by atoms with E-state index in [0.717, 1.165) is 12.0 Å². The summed E-state index contributed by atoms with van der Waals surface area (Å²) in [5, 5.41) is 19.6. The number of carbonyl (C=O) groups excluding carboxylic acids is 1. The molecule has 0 saturated heterocycles. The van der Waals surface area contributed by atoms with Crippen LogP contribution < -0.4 is 4.74 Å². The topological polar surface area (TPSA) is 77.2 Å². The molecular formula is C22H27N3O3. The zero-order valence-electron chi connectivity index (χ0n) is 17.3. The molecule has 2 aromatic carbocycles. The number of aldehydes is 1. The smallest absolute Gasteiger partial charge is 0.153 e. The summed E-state index contributed by atoms with van der Waals surface area (Å²) in [5.41, 5.74) is 2.80. The maximum absolute atomic E-state index is 11.6. The lowest BCUT2D eigenvalue weighted by molar-refractivity contribution is 0.112. The van der Waals surface area contributed by atoms with Gasteiger partial charge in [0, 0.05) is 6.07 Å². The molecule has 0 aliphatic carbocycles. The summed E-state index contributed by atoms with van der Waals surface area (Å²) in [4.78, 5) is 13.0. The van der Waals surface area contributed by atoms with Gasteiger partial charge in [-0.3, -0.25) is 4.79 Å². The van der Waals surface area contributed by atoms with Crippen molar-refractivity contribution in [3.8, 4) is 17.2 Å². The summed E-state index contributed by atoms with van der Waals surface area (Å²) in [6.45, 7) is 10.8. The molecule has 6 nitrogen and oxygen atoms in total. The molecule has 1 N–H and O–H groups in total. The van der Waals surface area contributed by atoms with Gasteiger partial charge in [0.05, 0.1) is 12.7 Å². The number of aromatic hydroxyl groups is 1. The van der Waals surface area contributed by atoms with Crippen molar-refractivity contribution >= 4 is 17.3 Å². The molecule has 148 valence electrons. The molecule has 0 amide bonds. The average Bonchev–Trinajstić information content (AvgIpc) is 3.02. The fourth-order valence-corrected chi connectivity index (χ4v) is 3.83. The van der Waals surface area contributed by atoms with Crippen LogP contribution >= 0.6 is 0 Å². The average molecular weight is 381 g/mol. The van der Waals surface area contributed by atoms with Gasteiger partial charge >= 0.3 is 0 Å². The molecule has 1 aromatic heterocycles. The van der Waals surface area contributed by atoms with Crippen molar-refractivity contribution in [2.45, 2.75) is 46.5 Å². The predicted octanol–water partition coefficient (Wildman–Crippen LogP) is 4.66. The van der Waals surface area contributed by atoms with Crippen molar-refractivity contribution in [1.29, 1.82) is 0 Å². The van der Waals surface area contributed by atoms with Gasteiger partial charge in [-0.15, -0.1) is 15.0 Å². The Labute approximate surface area is 165 Å². The maximum atomic E-state index is 11.6. The third kappa shape index (κ3) is 3.86. The Kier molecular flexibility index (Phi) is 4.91. The van der Waals surface area contributed by atoms with E-state index in [4.69, 9.17) is 4.74 Å². The first-order valence-electron chi connectivity index (χ1n) is 9.28. The highest BCUT2D eigenvalue weighted by Crippen LogP contribution is 2.39. The fraction of sp³-hybridized carbons (Fsp3) is 0.409. The lowest BCUT2D eigenvalue weighted by Crippen LogP contribution is -2.25. The van der Waals surface area contributed by atoms with Gasteiger partial charge in [0.1, 0.15) is 22.5 Å². The number of fused-ring (bicyclic) bond motifs is 1. The molecule has 0 aliphatic heterocycles. The summed E-state index contributed by atoms with van der Waals surface area (Å²) in [6.07, 6.45) is 1.58. The van der Waals surface area contributed by atoms with Crippen molar-refractivity contribution in [2.24, 2.45) is 5.41 Å². The van der Waals surface area contributed by atoms with Crippen molar-refractivity contribution in [3.05, 3.63) is 41.5 Å². The number of hydrogen-bond donors (Lipinski definition) is 1. The summed E-state index contributed by atoms with van der Waals surface area (Å²) in [5.74, 6) is 0.551. The Balaban J connectivity index is 2.16. The van der Waals surface area contributed by atoms with E-state index >= 15 is 0 Å². The molecule has 3 rings (SSSR count). The minimum absolute atomic E-state index is 0.109. The molecule has 3 aromatic rings. The van der Waals surface area contributed by atoms with Crippen LogP contribution in [0.5, 0.6) is 11.5 Å². The van der Waals surface area contributed by atoms with Crippen LogP contribution in [0.4, 0.5) is 0 Å². The summed E-state index contributed by atoms with van der Waals surface area (Å²) in [7, 11) is 1.59. The monoisotopic (exact) mass is 381 g/mol. The molecule has 0 aliphatic rings. The normalized spacial score (nSPS) is 12.4. The zero-order chi connectivity index (χ0) is 20.7. The first-order chi connectivity index (χ1) is 13.0. The Morgan fingerprint density at radius 3 is 2.36 bits per heavy atom. The van der Waals surface area contributed by atoms with Crippen molar-refractivity contribution in [2.75, 3.05) is 7.11 Å². The van der Waals surface area contributed by atoms with Crippen LogP contribution in [0, 0.1) is 5.41 Å². The number of rotatable bonds is 5. The van der Waals surface area contributed by atoms with Gasteiger partial charge in [-0.1, -0.05) is 34.6 Å². The van der Waals surface area contributed by atoms with E-state index < -0.39 is 0 Å². The first-order valence-corrected chi connectivity index (χ1v) is 9.28. The minimum Gasteiger partial charge on any atom is -0.505 e. The van der Waals surface area contributed by atoms with Crippen molar-refractivity contribution in [3.63, 3.8) is 0 Å². The van der Waals surface area contributed by atoms with Gasteiger partial charge in [-0.2, -0.15) is 0 Å². The highest BCUT2D eigenvalue weighted by atomic mass is 16.5. The quantitative estimate of drug-likeness (QED) is 0.650. The van der Waals surface area contributed by atoms with Crippen molar-refractivity contribution < 1.29 is 14.6 Å². The Morgan fingerprint density at radius 2 is 1.75 bits per heavy atom. The molecule has 28 heavy (non-hydrogen) atoms. The fourth-order valence-electron chi connectivity index (χ4n) is 3.83. The standard InChI is InChI=1S/C22H27N3O3/c1-21(2,3)13-22(4,5)15-9-14(12-26)20(27)19(10-15)25-23-17-8-7-16(28-6)11-18(17)24-25/h7-12,27H,13H2,1-6H3. The lowest BCUT2D eigenvalue weighted by atomic mass is 9.72. The lowest BCUT2D eigenvalue weighted by Gasteiger charge is -2.33. The summed E-state index contributed by atoms with van der Waals surface area (Å²) >= 11 is 0. The van der Waals surface area contributed by atoms with E-state index in [1.54, 1.807) is 25.3 Å². The van der Waals surface area contributed by atoms with E-state index in [2.05, 4.69) is 44.8 Å². The van der Waals surface area contributed by atoms with Crippen LogP contribution in [0.1, 0.15) is 57.0 Å². The third-order valence-electron chi connectivity index (χ3n) is 4.80. The van der Waals surface area contributed by atoms with Gasteiger partial charge in [0.2, 0.25) is 0 Å². The number of methoxy groups -OCH3 is 1. The number of carbonyl (C=O) groups is 1. The van der Waals surface area contributed by atoms with Crippen LogP contribution in [0.15, 0.2) is 30.3 Å². The number of benzene rings is 2. The number of aromatic nitrogens is 3. The van der Waals surface area contributed by atoms with Gasteiger partial charge in [0.25, 0.3) is 0 Å². The molecule has 0 spiro atoms. The number of hydrogen-bond acceptors (Lipinski definition) is 5. The number of phenolic OH excluding ortho intramolecular Hbond substituents is 1. The van der Waals surface area contributed by atoms with Crippen LogP contribution in [0.3, 0.4) is 0 Å². The van der Waals surface area contributed by atoms with Gasteiger partial charge in [-0.25, -0.2) is 0 Å². The molecule has 0 atom stereocenters.